The largest absolute Gasteiger partial charge is 0.457 e. The Bertz CT molecular complexity index is 805. The molecule has 1 aliphatic rings. The van der Waals surface area contributed by atoms with Crippen LogP contribution in [0.5, 0.6) is 11.5 Å². The molecule has 1 aromatic heterocycles. The van der Waals surface area contributed by atoms with Gasteiger partial charge in [0, 0.05) is 37.2 Å². The van der Waals surface area contributed by atoms with Gasteiger partial charge < -0.3 is 14.6 Å². The molecule has 1 aliphatic heterocycles. The Labute approximate surface area is 130 Å². The standard InChI is InChI=1S/C19H20N2O/c1-21-18-10-12-20-11-9-17(18)16-8-7-15(13-19(16)21)22-14-5-3-2-4-6-14/h2-8,13,20H,9-12H2,1H3. The highest BCUT2D eigenvalue weighted by Crippen LogP contribution is 2.31. The van der Waals surface area contributed by atoms with Crippen LogP contribution in [-0.4, -0.2) is 17.7 Å². The summed E-state index contributed by atoms with van der Waals surface area (Å²) in [5, 5.41) is 4.84. The van der Waals surface area contributed by atoms with E-state index in [1.807, 2.05) is 30.3 Å². The minimum atomic E-state index is 0.877. The fourth-order valence-corrected chi connectivity index (χ4v) is 3.38. The van der Waals surface area contributed by atoms with E-state index in [4.69, 9.17) is 4.74 Å². The van der Waals surface area contributed by atoms with E-state index in [-0.39, 0.29) is 0 Å². The summed E-state index contributed by atoms with van der Waals surface area (Å²) in [6.45, 7) is 2.12. The van der Waals surface area contributed by atoms with E-state index in [1.54, 1.807) is 0 Å². The van der Waals surface area contributed by atoms with Gasteiger partial charge in [-0.25, -0.2) is 0 Å². The van der Waals surface area contributed by atoms with Crippen LogP contribution in [0.2, 0.25) is 0 Å². The van der Waals surface area contributed by atoms with Crippen molar-refractivity contribution in [3.63, 3.8) is 0 Å². The zero-order valence-electron chi connectivity index (χ0n) is 12.8. The molecule has 1 N–H and O–H groups in total. The third kappa shape index (κ3) is 2.28. The number of hydrogen-bond donors (Lipinski definition) is 1. The van der Waals surface area contributed by atoms with Crippen molar-refractivity contribution in [2.45, 2.75) is 12.8 Å². The summed E-state index contributed by atoms with van der Waals surface area (Å²) in [5.41, 5.74) is 4.21. The summed E-state index contributed by atoms with van der Waals surface area (Å²) in [6.07, 6.45) is 2.20. The third-order valence-electron chi connectivity index (χ3n) is 4.48. The molecule has 4 rings (SSSR count). The molecule has 2 aromatic carbocycles. The molecule has 0 aliphatic carbocycles. The zero-order valence-corrected chi connectivity index (χ0v) is 12.8. The minimum Gasteiger partial charge on any atom is -0.457 e. The quantitative estimate of drug-likeness (QED) is 0.780. The highest BCUT2D eigenvalue weighted by Gasteiger charge is 2.17. The molecule has 3 nitrogen and oxygen atoms in total. The van der Waals surface area contributed by atoms with E-state index >= 15 is 0 Å². The lowest BCUT2D eigenvalue weighted by Crippen LogP contribution is -2.16. The fourth-order valence-electron chi connectivity index (χ4n) is 3.38. The van der Waals surface area contributed by atoms with Crippen LogP contribution in [0.4, 0.5) is 0 Å². The van der Waals surface area contributed by atoms with E-state index in [0.717, 1.165) is 37.4 Å². The molecule has 0 saturated carbocycles. The van der Waals surface area contributed by atoms with Gasteiger partial charge in [0.25, 0.3) is 0 Å². The van der Waals surface area contributed by atoms with Crippen LogP contribution in [0.15, 0.2) is 48.5 Å². The number of para-hydroxylation sites is 1. The normalized spacial score (nSPS) is 14.6. The molecule has 0 bridgehead atoms. The Morgan fingerprint density at radius 1 is 0.955 bits per heavy atom. The monoisotopic (exact) mass is 292 g/mol. The van der Waals surface area contributed by atoms with Crippen LogP contribution in [0, 0.1) is 0 Å². The van der Waals surface area contributed by atoms with Crippen LogP contribution in [0.3, 0.4) is 0 Å². The fraction of sp³-hybridized carbons (Fsp3) is 0.263. The predicted octanol–water partition coefficient (Wildman–Crippen LogP) is 3.66. The maximum atomic E-state index is 5.97. The first-order valence-electron chi connectivity index (χ1n) is 7.87. The van der Waals surface area contributed by atoms with Gasteiger partial charge in [0.15, 0.2) is 0 Å². The topological polar surface area (TPSA) is 26.2 Å². The molecule has 2 heterocycles. The van der Waals surface area contributed by atoms with Gasteiger partial charge in [0.05, 0.1) is 5.52 Å². The SMILES string of the molecule is Cn1c2c(c3ccc(Oc4ccccc4)cc31)CCNCC2. The highest BCUT2D eigenvalue weighted by atomic mass is 16.5. The number of hydrogen-bond acceptors (Lipinski definition) is 2. The second-order valence-electron chi connectivity index (χ2n) is 5.83. The predicted molar refractivity (Wildman–Crippen MR) is 89.7 cm³/mol. The van der Waals surface area contributed by atoms with Crippen LogP contribution in [0.1, 0.15) is 11.3 Å². The Balaban J connectivity index is 1.77. The van der Waals surface area contributed by atoms with E-state index in [0.29, 0.717) is 0 Å². The molecular weight excluding hydrogens is 272 g/mol. The lowest BCUT2D eigenvalue weighted by Gasteiger charge is -2.07. The Morgan fingerprint density at radius 2 is 1.77 bits per heavy atom. The van der Waals surface area contributed by atoms with Crippen molar-refractivity contribution in [2.24, 2.45) is 7.05 Å². The van der Waals surface area contributed by atoms with Gasteiger partial charge in [-0.1, -0.05) is 18.2 Å². The van der Waals surface area contributed by atoms with Gasteiger partial charge in [0.1, 0.15) is 11.5 Å². The molecule has 0 amide bonds. The molecule has 3 aromatic rings. The number of fused-ring (bicyclic) bond motifs is 3. The molecule has 112 valence electrons. The lowest BCUT2D eigenvalue weighted by atomic mass is 10.1. The number of aryl methyl sites for hydroxylation is 1. The number of nitrogens with zero attached hydrogens (tertiary/aromatic N) is 1. The van der Waals surface area contributed by atoms with Crippen molar-refractivity contribution < 1.29 is 4.74 Å². The average molecular weight is 292 g/mol. The number of rotatable bonds is 2. The summed E-state index contributed by atoms with van der Waals surface area (Å²) >= 11 is 0. The van der Waals surface area contributed by atoms with Crippen LogP contribution in [-0.2, 0) is 19.9 Å². The van der Waals surface area contributed by atoms with Crippen LogP contribution >= 0.6 is 0 Å². The van der Waals surface area contributed by atoms with Gasteiger partial charge in [-0.3, -0.25) is 0 Å². The first kappa shape index (κ1) is 13.4. The summed E-state index contributed by atoms with van der Waals surface area (Å²) in [5.74, 6) is 1.77. The van der Waals surface area contributed by atoms with E-state index in [9.17, 15) is 0 Å². The average Bonchev–Trinajstić information content (AvgIpc) is 2.72. The third-order valence-corrected chi connectivity index (χ3v) is 4.48. The molecule has 22 heavy (non-hydrogen) atoms. The Hall–Kier alpha value is -2.26. The first-order chi connectivity index (χ1) is 10.8. The van der Waals surface area contributed by atoms with Crippen molar-refractivity contribution in [3.05, 3.63) is 59.8 Å². The summed E-state index contributed by atoms with van der Waals surface area (Å²) in [4.78, 5) is 0. The zero-order chi connectivity index (χ0) is 14.9. The number of nitrogens with one attached hydrogen (secondary N) is 1. The summed E-state index contributed by atoms with van der Waals surface area (Å²) in [7, 11) is 2.17. The second-order valence-corrected chi connectivity index (χ2v) is 5.83. The number of aromatic nitrogens is 1. The first-order valence-corrected chi connectivity index (χ1v) is 7.87. The number of benzene rings is 2. The van der Waals surface area contributed by atoms with Gasteiger partial charge in [0.2, 0.25) is 0 Å². The second kappa shape index (κ2) is 5.50. The van der Waals surface area contributed by atoms with Crippen LogP contribution < -0.4 is 10.1 Å². The Morgan fingerprint density at radius 3 is 2.64 bits per heavy atom. The van der Waals surface area contributed by atoms with Crippen molar-refractivity contribution in [1.29, 1.82) is 0 Å². The van der Waals surface area contributed by atoms with E-state index < -0.39 is 0 Å². The van der Waals surface area contributed by atoms with Crippen molar-refractivity contribution in [3.8, 4) is 11.5 Å². The van der Waals surface area contributed by atoms with Crippen LogP contribution in [0.25, 0.3) is 10.9 Å². The maximum Gasteiger partial charge on any atom is 0.129 e. The molecular formula is C19H20N2O. The molecule has 0 spiro atoms. The van der Waals surface area contributed by atoms with Gasteiger partial charge in [-0.2, -0.15) is 0 Å². The minimum absolute atomic E-state index is 0.877. The molecule has 0 saturated heterocycles. The summed E-state index contributed by atoms with van der Waals surface area (Å²) in [6, 6.07) is 16.4. The highest BCUT2D eigenvalue weighted by molar-refractivity contribution is 5.87. The summed E-state index contributed by atoms with van der Waals surface area (Å²) < 4.78 is 8.30. The van der Waals surface area contributed by atoms with Crippen molar-refractivity contribution >= 4 is 10.9 Å². The molecule has 3 heteroatoms. The molecule has 0 radical (unpaired) electrons. The van der Waals surface area contributed by atoms with E-state index in [1.165, 1.54) is 22.2 Å². The maximum absolute atomic E-state index is 5.97. The lowest BCUT2D eigenvalue weighted by molar-refractivity contribution is 0.483. The van der Waals surface area contributed by atoms with Gasteiger partial charge in [-0.15, -0.1) is 0 Å². The molecule has 0 atom stereocenters. The van der Waals surface area contributed by atoms with E-state index in [2.05, 4.69) is 35.1 Å². The molecule has 0 fully saturated rings. The number of ether oxygens (including phenoxy) is 1. The smallest absolute Gasteiger partial charge is 0.129 e. The molecule has 0 unspecified atom stereocenters. The van der Waals surface area contributed by atoms with Gasteiger partial charge in [-0.05, 0) is 42.8 Å². The van der Waals surface area contributed by atoms with Gasteiger partial charge >= 0.3 is 0 Å². The Kier molecular flexibility index (Phi) is 3.35. The van der Waals surface area contributed by atoms with Crippen molar-refractivity contribution in [2.75, 3.05) is 13.1 Å². The van der Waals surface area contributed by atoms with Crippen molar-refractivity contribution in [1.82, 2.24) is 9.88 Å².